The predicted octanol–water partition coefficient (Wildman–Crippen LogP) is 3.38. The minimum absolute atomic E-state index is 0.502. The Kier molecular flexibility index (Phi) is 5.31. The number of nitrogens with one attached hydrogen (secondary N) is 1. The third-order valence-electron chi connectivity index (χ3n) is 3.15. The molecule has 5 N–H and O–H groups in total. The Morgan fingerprint density at radius 2 is 1.95 bits per heavy atom. The first-order valence-electron chi connectivity index (χ1n) is 6.42. The highest BCUT2D eigenvalue weighted by molar-refractivity contribution is 9.11. The van der Waals surface area contributed by atoms with Gasteiger partial charge in [-0.25, -0.2) is 0 Å². The van der Waals surface area contributed by atoms with Crippen LogP contribution in [0.15, 0.2) is 56.8 Å². The summed E-state index contributed by atoms with van der Waals surface area (Å²) < 4.78 is 1.26. The van der Waals surface area contributed by atoms with Crippen LogP contribution in [-0.4, -0.2) is 6.54 Å². The van der Waals surface area contributed by atoms with E-state index in [0.29, 0.717) is 0 Å². The highest BCUT2D eigenvalue weighted by atomic mass is 79.9. The minimum atomic E-state index is -0.502. The monoisotopic (exact) mass is 335 g/mol. The molecule has 0 heterocycles. The van der Waals surface area contributed by atoms with Crippen molar-refractivity contribution < 1.29 is 0 Å². The maximum absolute atomic E-state index is 5.78. The lowest BCUT2D eigenvalue weighted by Crippen LogP contribution is -2.08. The highest BCUT2D eigenvalue weighted by Gasteiger charge is 2.05. The fourth-order valence-electron chi connectivity index (χ4n) is 1.95. The Morgan fingerprint density at radius 1 is 1.20 bits per heavy atom. The molecule has 0 saturated carbocycles. The number of allylic oxidation sites excluding steroid dienone is 3. The van der Waals surface area contributed by atoms with Gasteiger partial charge in [0.15, 0.2) is 0 Å². The molecule has 1 aromatic rings. The number of anilines is 1. The van der Waals surface area contributed by atoms with E-state index in [2.05, 4.69) is 43.7 Å². The van der Waals surface area contributed by atoms with Gasteiger partial charge in [0.1, 0.15) is 6.17 Å². The Hall–Kier alpha value is -1.66. The molecule has 1 unspecified atom stereocenters. The molecule has 0 fully saturated rings. The van der Waals surface area contributed by atoms with Gasteiger partial charge in [-0.15, -0.1) is 5.11 Å². The second-order valence-corrected chi connectivity index (χ2v) is 5.61. The smallest absolute Gasteiger partial charge is 0.146 e. The van der Waals surface area contributed by atoms with E-state index in [9.17, 15) is 0 Å². The molecule has 20 heavy (non-hydrogen) atoms. The molecule has 2 rings (SSSR count). The molecule has 0 amide bonds. The first kappa shape index (κ1) is 14.7. The molecule has 0 aliphatic heterocycles. The molecule has 0 radical (unpaired) electrons. The fourth-order valence-corrected chi connectivity index (χ4v) is 2.28. The van der Waals surface area contributed by atoms with Crippen LogP contribution >= 0.6 is 15.9 Å². The van der Waals surface area contributed by atoms with Crippen LogP contribution in [-0.2, 0) is 0 Å². The molecule has 0 aromatic heterocycles. The predicted molar refractivity (Wildman–Crippen MR) is 85.2 cm³/mol. The fraction of sp³-hybridized carbons (Fsp3) is 0.286. The zero-order valence-corrected chi connectivity index (χ0v) is 12.7. The van der Waals surface area contributed by atoms with Crippen LogP contribution in [0.25, 0.3) is 0 Å². The molecule has 1 aliphatic carbocycles. The van der Waals surface area contributed by atoms with Crippen LogP contribution in [0.2, 0.25) is 0 Å². The molecule has 6 heteroatoms. The van der Waals surface area contributed by atoms with Gasteiger partial charge in [0, 0.05) is 12.2 Å². The van der Waals surface area contributed by atoms with Gasteiger partial charge in [0.25, 0.3) is 0 Å². The molecule has 0 bridgehead atoms. The van der Waals surface area contributed by atoms with E-state index in [1.54, 1.807) is 0 Å². The van der Waals surface area contributed by atoms with E-state index in [4.69, 9.17) is 11.6 Å². The maximum Gasteiger partial charge on any atom is 0.146 e. The van der Waals surface area contributed by atoms with Gasteiger partial charge in [-0.3, -0.25) is 0 Å². The largest absolute Gasteiger partial charge is 0.381 e. The lowest BCUT2D eigenvalue weighted by molar-refractivity contribution is 0.704. The molecule has 1 aromatic carbocycles. The average molecular weight is 336 g/mol. The van der Waals surface area contributed by atoms with Gasteiger partial charge < -0.3 is 16.9 Å². The Morgan fingerprint density at radius 3 is 2.55 bits per heavy atom. The van der Waals surface area contributed by atoms with E-state index >= 15 is 0 Å². The molecule has 5 nitrogen and oxygen atoms in total. The molecule has 1 aliphatic rings. The summed E-state index contributed by atoms with van der Waals surface area (Å²) in [5.41, 5.74) is 9.11. The molecule has 0 saturated heterocycles. The topological polar surface area (TPSA) is 88.8 Å². The van der Waals surface area contributed by atoms with E-state index in [1.165, 1.54) is 10.1 Å². The number of benzene rings is 1. The van der Waals surface area contributed by atoms with Crippen molar-refractivity contribution in [2.45, 2.75) is 19.0 Å². The van der Waals surface area contributed by atoms with Crippen LogP contribution in [0.3, 0.4) is 0 Å². The second kappa shape index (κ2) is 7.21. The summed E-state index contributed by atoms with van der Waals surface area (Å²) in [6.45, 7) is 0.852. The number of hydrogen-bond acceptors (Lipinski definition) is 4. The third-order valence-corrected chi connectivity index (χ3v) is 3.81. The first-order chi connectivity index (χ1) is 9.69. The van der Waals surface area contributed by atoms with Crippen molar-refractivity contribution >= 4 is 21.6 Å². The number of rotatable bonds is 5. The van der Waals surface area contributed by atoms with Crippen LogP contribution in [0.1, 0.15) is 24.6 Å². The van der Waals surface area contributed by atoms with Crippen molar-refractivity contribution in [1.29, 1.82) is 0 Å². The van der Waals surface area contributed by atoms with Crippen LogP contribution in [0.4, 0.5) is 5.69 Å². The average Bonchev–Trinajstić information content (AvgIpc) is 2.47. The summed E-state index contributed by atoms with van der Waals surface area (Å²) in [5, 5.41) is 10.3. The van der Waals surface area contributed by atoms with E-state index in [1.807, 2.05) is 24.3 Å². The molecule has 1 atom stereocenters. The Balaban J connectivity index is 1.91. The van der Waals surface area contributed by atoms with Gasteiger partial charge >= 0.3 is 0 Å². The first-order valence-corrected chi connectivity index (χ1v) is 7.22. The molecular formula is C14H18BrN5. The van der Waals surface area contributed by atoms with Crippen molar-refractivity contribution in [1.82, 2.24) is 0 Å². The quantitative estimate of drug-likeness (QED) is 0.437. The number of nitrogens with zero attached hydrogens (tertiary/aromatic N) is 2. The van der Waals surface area contributed by atoms with Gasteiger partial charge in [0.05, 0.1) is 0 Å². The normalized spacial score (nSPS) is 16.7. The second-order valence-electron chi connectivity index (χ2n) is 4.59. The van der Waals surface area contributed by atoms with Crippen LogP contribution in [0.5, 0.6) is 0 Å². The maximum atomic E-state index is 5.78. The summed E-state index contributed by atoms with van der Waals surface area (Å²) in [6, 6.07) is 7.81. The summed E-state index contributed by atoms with van der Waals surface area (Å²) in [4.78, 5) is 0. The molecular weight excluding hydrogens is 318 g/mol. The van der Waals surface area contributed by atoms with Gasteiger partial charge in [-0.2, -0.15) is 0 Å². The Labute approximate surface area is 126 Å². The SMILES string of the molecule is N/N=N\C(N)c1ccc(NCC2=CC=C(Br)CC2)cc1. The number of halogens is 1. The van der Waals surface area contributed by atoms with Crippen molar-refractivity contribution in [2.75, 3.05) is 11.9 Å². The van der Waals surface area contributed by atoms with Crippen molar-refractivity contribution in [2.24, 2.45) is 21.9 Å². The highest BCUT2D eigenvalue weighted by Crippen LogP contribution is 2.23. The van der Waals surface area contributed by atoms with Gasteiger partial charge in [-0.1, -0.05) is 51.0 Å². The van der Waals surface area contributed by atoms with Crippen molar-refractivity contribution in [3.05, 3.63) is 52.0 Å². The van der Waals surface area contributed by atoms with Gasteiger partial charge in [0.2, 0.25) is 0 Å². The summed E-state index contributed by atoms with van der Waals surface area (Å²) in [5.74, 6) is 4.99. The lowest BCUT2D eigenvalue weighted by atomic mass is 10.1. The molecule has 106 valence electrons. The Bertz CT molecular complexity index is 533. The van der Waals surface area contributed by atoms with Crippen LogP contribution in [0, 0.1) is 0 Å². The number of hydrogen-bond donors (Lipinski definition) is 3. The molecule has 0 spiro atoms. The third kappa shape index (κ3) is 4.18. The van der Waals surface area contributed by atoms with E-state index in [0.717, 1.165) is 30.6 Å². The van der Waals surface area contributed by atoms with E-state index in [-0.39, 0.29) is 0 Å². The summed E-state index contributed by atoms with van der Waals surface area (Å²) in [7, 11) is 0. The zero-order valence-electron chi connectivity index (χ0n) is 11.1. The van der Waals surface area contributed by atoms with Gasteiger partial charge in [-0.05, 0) is 35.0 Å². The van der Waals surface area contributed by atoms with Crippen LogP contribution < -0.4 is 16.9 Å². The summed E-state index contributed by atoms with van der Waals surface area (Å²) >= 11 is 3.50. The number of nitrogens with two attached hydrogens (primary N) is 2. The van der Waals surface area contributed by atoms with Crippen molar-refractivity contribution in [3.8, 4) is 0 Å². The lowest BCUT2D eigenvalue weighted by Gasteiger charge is -2.13. The van der Waals surface area contributed by atoms with Crippen molar-refractivity contribution in [3.63, 3.8) is 0 Å². The standard InChI is InChI=1S/C14H18BrN5/c15-12-5-1-10(2-6-12)9-18-13-7-3-11(4-8-13)14(16)19-20-17/h1,3-5,7-8,14,18H,2,6,9,16H2,(H2,17,19). The summed E-state index contributed by atoms with van der Waals surface area (Å²) in [6.07, 6.45) is 5.93. The zero-order chi connectivity index (χ0) is 14.4. The van der Waals surface area contributed by atoms with E-state index < -0.39 is 6.17 Å². The minimum Gasteiger partial charge on any atom is -0.381 e.